The molecule has 2 aromatic heterocycles. The molecule has 0 unspecified atom stereocenters. The van der Waals surface area contributed by atoms with Crippen LogP contribution >= 0.6 is 0 Å². The van der Waals surface area contributed by atoms with Crippen LogP contribution < -0.4 is 5.76 Å². The van der Waals surface area contributed by atoms with Gasteiger partial charge in [-0.2, -0.15) is 4.98 Å². The molecule has 1 saturated heterocycles. The van der Waals surface area contributed by atoms with Gasteiger partial charge >= 0.3 is 5.76 Å². The number of piperidine rings is 1. The first-order chi connectivity index (χ1) is 17.0. The maximum atomic E-state index is 13.1. The molecule has 11 heteroatoms. The van der Waals surface area contributed by atoms with Crippen molar-refractivity contribution in [2.24, 2.45) is 0 Å². The lowest BCUT2D eigenvalue weighted by molar-refractivity contribution is -0.384. The molecule has 1 amide bonds. The summed E-state index contributed by atoms with van der Waals surface area (Å²) in [5.74, 6) is 0.259. The van der Waals surface area contributed by atoms with Gasteiger partial charge in [0.05, 0.1) is 16.5 Å². The predicted octanol–water partition coefficient (Wildman–Crippen LogP) is 4.09. The van der Waals surface area contributed by atoms with E-state index in [1.807, 2.05) is 30.3 Å². The third kappa shape index (κ3) is 4.57. The fraction of sp³-hybridized carbons (Fsp3) is 0.333. The van der Waals surface area contributed by atoms with Gasteiger partial charge in [-0.1, -0.05) is 35.5 Å². The van der Waals surface area contributed by atoms with Crippen molar-refractivity contribution in [1.29, 1.82) is 0 Å². The largest absolute Gasteiger partial charge is 0.419 e. The first-order valence-electron chi connectivity index (χ1n) is 11.5. The SMILES string of the molecule is O=C(CCCn1c(=O)oc2cc([N+](=O)[O-])ccc21)N1CCCC[C@H]1c1nc(-c2ccccc2)no1. The van der Waals surface area contributed by atoms with Crippen LogP contribution in [0.25, 0.3) is 22.5 Å². The Labute approximate surface area is 199 Å². The normalized spacial score (nSPS) is 16.0. The average molecular weight is 477 g/mol. The van der Waals surface area contributed by atoms with E-state index in [9.17, 15) is 19.7 Å². The molecular formula is C24H23N5O6. The van der Waals surface area contributed by atoms with Crippen LogP contribution in [0.3, 0.4) is 0 Å². The number of amides is 1. The van der Waals surface area contributed by atoms with Crippen molar-refractivity contribution in [3.63, 3.8) is 0 Å². The van der Waals surface area contributed by atoms with Crippen molar-refractivity contribution < 1.29 is 18.7 Å². The van der Waals surface area contributed by atoms with Gasteiger partial charge in [0.15, 0.2) is 5.58 Å². The molecule has 1 aliphatic rings. The molecule has 0 spiro atoms. The second-order valence-corrected chi connectivity index (χ2v) is 8.45. The van der Waals surface area contributed by atoms with E-state index in [4.69, 9.17) is 8.94 Å². The number of oxazole rings is 1. The number of nitro groups is 1. The summed E-state index contributed by atoms with van der Waals surface area (Å²) in [6.45, 7) is 0.859. The number of carbonyl (C=O) groups is 1. The van der Waals surface area contributed by atoms with Crippen LogP contribution in [0.5, 0.6) is 0 Å². The highest BCUT2D eigenvalue weighted by molar-refractivity contribution is 5.77. The summed E-state index contributed by atoms with van der Waals surface area (Å²) < 4.78 is 12.1. The quantitative estimate of drug-likeness (QED) is 0.287. The number of fused-ring (bicyclic) bond motifs is 1. The highest BCUT2D eigenvalue weighted by atomic mass is 16.6. The minimum atomic E-state index is -0.608. The van der Waals surface area contributed by atoms with Crippen LogP contribution in [0.4, 0.5) is 5.69 Å². The zero-order valence-corrected chi connectivity index (χ0v) is 18.8. The monoisotopic (exact) mass is 477 g/mol. The maximum Gasteiger partial charge on any atom is 0.419 e. The second kappa shape index (κ2) is 9.53. The zero-order valence-electron chi connectivity index (χ0n) is 18.8. The highest BCUT2D eigenvalue weighted by Gasteiger charge is 2.32. The van der Waals surface area contributed by atoms with E-state index >= 15 is 0 Å². The number of likely N-dealkylation sites (tertiary alicyclic amines) is 1. The summed E-state index contributed by atoms with van der Waals surface area (Å²) in [4.78, 5) is 42.1. The molecule has 180 valence electrons. The Morgan fingerprint density at radius 1 is 1.17 bits per heavy atom. The second-order valence-electron chi connectivity index (χ2n) is 8.45. The van der Waals surface area contributed by atoms with Crippen LogP contribution in [0.15, 0.2) is 62.3 Å². The number of hydrogen-bond donors (Lipinski definition) is 0. The molecule has 1 atom stereocenters. The Bertz CT molecular complexity index is 1420. The lowest BCUT2D eigenvalue weighted by Gasteiger charge is -2.33. The predicted molar refractivity (Wildman–Crippen MR) is 124 cm³/mol. The Morgan fingerprint density at radius 3 is 2.80 bits per heavy atom. The number of non-ortho nitro benzene ring substituents is 1. The maximum absolute atomic E-state index is 13.1. The topological polar surface area (TPSA) is 138 Å². The number of nitrogens with zero attached hydrogens (tertiary/aromatic N) is 5. The smallest absolute Gasteiger partial charge is 0.407 e. The Balaban J connectivity index is 1.26. The van der Waals surface area contributed by atoms with E-state index in [1.54, 1.807) is 4.90 Å². The van der Waals surface area contributed by atoms with Gasteiger partial charge in [-0.05, 0) is 31.7 Å². The number of aryl methyl sites for hydroxylation is 1. The number of benzene rings is 2. The summed E-state index contributed by atoms with van der Waals surface area (Å²) in [5, 5.41) is 15.1. The molecule has 2 aromatic carbocycles. The molecule has 0 N–H and O–H groups in total. The Hall–Kier alpha value is -4.28. The highest BCUT2D eigenvalue weighted by Crippen LogP contribution is 2.32. The standard InChI is InChI=1S/C24H23N5O6/c30-21(10-6-14-28-18-12-11-17(29(32)33)15-20(18)34-24(28)31)27-13-5-4-9-19(27)23-25-22(26-35-23)16-7-2-1-3-8-16/h1-3,7-8,11-12,15,19H,4-6,9-10,13-14H2/t19-/m0/s1. The van der Waals surface area contributed by atoms with Gasteiger partial charge in [0.1, 0.15) is 6.04 Å². The summed E-state index contributed by atoms with van der Waals surface area (Å²) in [6, 6.07) is 13.3. The summed E-state index contributed by atoms with van der Waals surface area (Å²) in [5.41, 5.74) is 1.31. The minimum Gasteiger partial charge on any atom is -0.407 e. The van der Waals surface area contributed by atoms with Crippen molar-refractivity contribution in [3.05, 3.63) is 75.1 Å². The first-order valence-corrected chi connectivity index (χ1v) is 11.5. The summed E-state index contributed by atoms with van der Waals surface area (Å²) in [7, 11) is 0. The van der Waals surface area contributed by atoms with Crippen LogP contribution in [-0.2, 0) is 11.3 Å². The van der Waals surface area contributed by atoms with Gasteiger partial charge in [0.25, 0.3) is 5.69 Å². The van der Waals surface area contributed by atoms with Crippen LogP contribution in [0.1, 0.15) is 44.0 Å². The molecule has 1 aliphatic heterocycles. The van der Waals surface area contributed by atoms with Gasteiger partial charge in [0, 0.05) is 31.1 Å². The molecule has 3 heterocycles. The molecule has 0 saturated carbocycles. The molecule has 35 heavy (non-hydrogen) atoms. The summed E-state index contributed by atoms with van der Waals surface area (Å²) in [6.07, 6.45) is 3.23. The molecule has 0 aliphatic carbocycles. The van der Waals surface area contributed by atoms with Crippen LogP contribution in [-0.4, -0.2) is 37.0 Å². The Kier molecular flexibility index (Phi) is 6.13. The van der Waals surface area contributed by atoms with Crippen molar-refractivity contribution in [2.75, 3.05) is 6.54 Å². The van der Waals surface area contributed by atoms with E-state index in [2.05, 4.69) is 10.1 Å². The van der Waals surface area contributed by atoms with E-state index in [0.29, 0.717) is 30.2 Å². The zero-order chi connectivity index (χ0) is 24.4. The lowest BCUT2D eigenvalue weighted by Crippen LogP contribution is -2.38. The molecule has 0 radical (unpaired) electrons. The van der Waals surface area contributed by atoms with Gasteiger partial charge < -0.3 is 13.8 Å². The number of nitro benzene ring substituents is 1. The molecule has 0 bridgehead atoms. The van der Waals surface area contributed by atoms with E-state index in [0.717, 1.165) is 24.8 Å². The van der Waals surface area contributed by atoms with Gasteiger partial charge in [-0.3, -0.25) is 19.5 Å². The lowest BCUT2D eigenvalue weighted by atomic mass is 10.0. The molecular weight excluding hydrogens is 454 g/mol. The number of hydrogen-bond acceptors (Lipinski definition) is 8. The fourth-order valence-electron chi connectivity index (χ4n) is 4.47. The van der Waals surface area contributed by atoms with Gasteiger partial charge in [-0.15, -0.1) is 0 Å². The van der Waals surface area contributed by atoms with Gasteiger partial charge in [-0.25, -0.2) is 4.79 Å². The van der Waals surface area contributed by atoms with Crippen LogP contribution in [0.2, 0.25) is 0 Å². The number of carbonyl (C=O) groups excluding carboxylic acids is 1. The van der Waals surface area contributed by atoms with Crippen molar-refractivity contribution in [2.45, 2.75) is 44.7 Å². The van der Waals surface area contributed by atoms with Crippen molar-refractivity contribution >= 4 is 22.7 Å². The first kappa shape index (κ1) is 22.5. The third-order valence-corrected chi connectivity index (χ3v) is 6.22. The molecule has 11 nitrogen and oxygen atoms in total. The van der Waals surface area contributed by atoms with E-state index in [1.165, 1.54) is 22.8 Å². The summed E-state index contributed by atoms with van der Waals surface area (Å²) >= 11 is 0. The Morgan fingerprint density at radius 2 is 2.00 bits per heavy atom. The minimum absolute atomic E-state index is 0.0503. The van der Waals surface area contributed by atoms with Crippen molar-refractivity contribution in [3.8, 4) is 11.4 Å². The molecule has 4 aromatic rings. The third-order valence-electron chi connectivity index (χ3n) is 6.22. The average Bonchev–Trinajstić information content (AvgIpc) is 3.49. The number of aromatic nitrogens is 3. The molecule has 5 rings (SSSR count). The van der Waals surface area contributed by atoms with E-state index < -0.39 is 10.7 Å². The number of rotatable bonds is 7. The molecule has 1 fully saturated rings. The van der Waals surface area contributed by atoms with E-state index in [-0.39, 0.29) is 36.2 Å². The van der Waals surface area contributed by atoms with Gasteiger partial charge in [0.2, 0.25) is 17.6 Å². The van der Waals surface area contributed by atoms with Crippen molar-refractivity contribution in [1.82, 2.24) is 19.6 Å². The fourth-order valence-corrected chi connectivity index (χ4v) is 4.47. The van der Waals surface area contributed by atoms with Crippen LogP contribution in [0, 0.1) is 10.1 Å².